The molecule has 0 N–H and O–H groups in total. The summed E-state index contributed by atoms with van der Waals surface area (Å²) in [5.74, 6) is 0.458. The van der Waals surface area contributed by atoms with Crippen molar-refractivity contribution in [2.24, 2.45) is 5.92 Å². The van der Waals surface area contributed by atoms with Gasteiger partial charge in [0.1, 0.15) is 0 Å². The molecule has 0 aliphatic rings. The molecule has 0 saturated heterocycles. The molecular formula is C8H17LiO3S. The maximum absolute atomic E-state index is 10.2. The van der Waals surface area contributed by atoms with Gasteiger partial charge in [-0.25, -0.2) is 8.42 Å². The van der Waals surface area contributed by atoms with E-state index >= 15 is 0 Å². The molecule has 0 radical (unpaired) electrons. The van der Waals surface area contributed by atoms with Crippen molar-refractivity contribution in [2.45, 2.75) is 39.5 Å². The van der Waals surface area contributed by atoms with E-state index in [1.165, 1.54) is 0 Å². The Morgan fingerprint density at radius 1 is 1.15 bits per heavy atom. The summed E-state index contributed by atoms with van der Waals surface area (Å²) in [4.78, 5) is 0. The second kappa shape index (κ2) is 7.87. The average Bonchev–Trinajstić information content (AvgIpc) is 1.83. The Kier molecular flexibility index (Phi) is 9.66. The van der Waals surface area contributed by atoms with Crippen LogP contribution in [-0.4, -0.2) is 18.7 Å². The molecule has 13 heavy (non-hydrogen) atoms. The minimum absolute atomic E-state index is 0. The minimum atomic E-state index is -3.97. The first-order valence-electron chi connectivity index (χ1n) is 4.35. The van der Waals surface area contributed by atoms with Crippen molar-refractivity contribution in [3.63, 3.8) is 0 Å². The molecule has 0 aliphatic heterocycles. The molecule has 0 bridgehead atoms. The third kappa shape index (κ3) is 15.3. The Morgan fingerprint density at radius 2 is 1.69 bits per heavy atom. The summed E-state index contributed by atoms with van der Waals surface area (Å²) in [6.07, 6.45) is 3.49. The first-order chi connectivity index (χ1) is 5.42. The van der Waals surface area contributed by atoms with Gasteiger partial charge in [0, 0.05) is 5.75 Å². The molecule has 5 heteroatoms. The number of hydrogen-bond acceptors (Lipinski definition) is 3. The van der Waals surface area contributed by atoms with Crippen molar-refractivity contribution in [3.8, 4) is 0 Å². The molecule has 0 atom stereocenters. The first-order valence-corrected chi connectivity index (χ1v) is 5.93. The SMILES string of the molecule is CC(C)CCCCCS(=O)(=O)[O-].[Li+]. The van der Waals surface area contributed by atoms with Crippen LogP contribution < -0.4 is 18.9 Å². The summed E-state index contributed by atoms with van der Waals surface area (Å²) >= 11 is 0. The van der Waals surface area contributed by atoms with Crippen LogP contribution in [0, 0.1) is 5.92 Å². The molecule has 0 aliphatic carbocycles. The van der Waals surface area contributed by atoms with Crippen LogP contribution in [0.2, 0.25) is 0 Å². The predicted molar refractivity (Wildman–Crippen MR) is 47.9 cm³/mol. The standard InChI is InChI=1S/C8H18O3S.Li/c1-8(2)6-4-3-5-7-12(9,10)11;/h8H,3-7H2,1-2H3,(H,9,10,11);/q;+1/p-1. The van der Waals surface area contributed by atoms with Gasteiger partial charge in [0.15, 0.2) is 0 Å². The van der Waals surface area contributed by atoms with Crippen LogP contribution in [0.15, 0.2) is 0 Å². The molecule has 0 rings (SSSR count). The summed E-state index contributed by atoms with van der Waals surface area (Å²) in [5, 5.41) is 0. The summed E-state index contributed by atoms with van der Waals surface area (Å²) < 4.78 is 30.5. The summed E-state index contributed by atoms with van der Waals surface area (Å²) in [5.41, 5.74) is 0. The van der Waals surface area contributed by atoms with E-state index in [0.29, 0.717) is 12.3 Å². The van der Waals surface area contributed by atoms with Crippen molar-refractivity contribution in [3.05, 3.63) is 0 Å². The van der Waals surface area contributed by atoms with Crippen molar-refractivity contribution >= 4 is 10.1 Å². The monoisotopic (exact) mass is 200 g/mol. The maximum atomic E-state index is 10.2. The van der Waals surface area contributed by atoms with Crippen LogP contribution in [0.3, 0.4) is 0 Å². The molecule has 0 amide bonds. The van der Waals surface area contributed by atoms with Gasteiger partial charge in [-0.3, -0.25) is 0 Å². The second-order valence-corrected chi connectivity index (χ2v) is 5.03. The van der Waals surface area contributed by atoms with Crippen LogP contribution in [0.4, 0.5) is 0 Å². The third-order valence-corrected chi connectivity index (χ3v) is 2.46. The van der Waals surface area contributed by atoms with Gasteiger partial charge in [-0.2, -0.15) is 0 Å². The summed E-state index contributed by atoms with van der Waals surface area (Å²) in [6, 6.07) is 0. The fourth-order valence-electron chi connectivity index (χ4n) is 1.01. The predicted octanol–water partition coefficient (Wildman–Crippen LogP) is -1.25. The van der Waals surface area contributed by atoms with Gasteiger partial charge in [-0.1, -0.05) is 33.1 Å². The Labute approximate surface area is 93.2 Å². The largest absolute Gasteiger partial charge is 1.00 e. The van der Waals surface area contributed by atoms with Gasteiger partial charge >= 0.3 is 18.9 Å². The van der Waals surface area contributed by atoms with Crippen molar-refractivity contribution in [1.82, 2.24) is 0 Å². The fraction of sp³-hybridized carbons (Fsp3) is 1.00. The molecule has 0 fully saturated rings. The van der Waals surface area contributed by atoms with Crippen molar-refractivity contribution < 1.29 is 31.8 Å². The Bertz CT molecular complexity index is 199. The Morgan fingerprint density at radius 3 is 2.08 bits per heavy atom. The maximum Gasteiger partial charge on any atom is 1.00 e. The normalized spacial score (nSPS) is 11.4. The Hall–Kier alpha value is 0.507. The molecule has 0 saturated carbocycles. The van der Waals surface area contributed by atoms with E-state index in [0.717, 1.165) is 19.3 Å². The smallest absolute Gasteiger partial charge is 0.748 e. The molecule has 0 unspecified atom stereocenters. The van der Waals surface area contributed by atoms with Crippen LogP contribution in [0.1, 0.15) is 39.5 Å². The number of rotatable bonds is 6. The van der Waals surface area contributed by atoms with E-state index in [-0.39, 0.29) is 24.6 Å². The summed E-state index contributed by atoms with van der Waals surface area (Å²) in [7, 11) is -3.97. The van der Waals surface area contributed by atoms with Gasteiger partial charge in [0.05, 0.1) is 10.1 Å². The van der Waals surface area contributed by atoms with E-state index in [1.54, 1.807) is 0 Å². The average molecular weight is 200 g/mol. The van der Waals surface area contributed by atoms with E-state index < -0.39 is 10.1 Å². The number of hydrogen-bond donors (Lipinski definition) is 0. The van der Waals surface area contributed by atoms with Gasteiger partial charge in [-0.05, 0) is 12.3 Å². The van der Waals surface area contributed by atoms with E-state index in [2.05, 4.69) is 13.8 Å². The molecule has 0 aromatic carbocycles. The van der Waals surface area contributed by atoms with Crippen LogP contribution in [-0.2, 0) is 10.1 Å². The molecular weight excluding hydrogens is 183 g/mol. The van der Waals surface area contributed by atoms with E-state index in [1.807, 2.05) is 0 Å². The number of unbranched alkanes of at least 4 members (excludes halogenated alkanes) is 2. The molecule has 0 heterocycles. The minimum Gasteiger partial charge on any atom is -0.748 e. The van der Waals surface area contributed by atoms with Gasteiger partial charge in [0.2, 0.25) is 0 Å². The molecule has 0 aromatic rings. The topological polar surface area (TPSA) is 57.2 Å². The second-order valence-electron chi connectivity index (χ2n) is 3.50. The summed E-state index contributed by atoms with van der Waals surface area (Å²) in [6.45, 7) is 4.26. The zero-order valence-corrected chi connectivity index (χ0v) is 9.56. The van der Waals surface area contributed by atoms with E-state index in [4.69, 9.17) is 0 Å². The molecule has 0 aromatic heterocycles. The molecule has 0 spiro atoms. The van der Waals surface area contributed by atoms with Crippen LogP contribution in [0.25, 0.3) is 0 Å². The third-order valence-electron chi connectivity index (χ3n) is 1.68. The van der Waals surface area contributed by atoms with Crippen LogP contribution >= 0.6 is 0 Å². The van der Waals surface area contributed by atoms with Gasteiger partial charge < -0.3 is 4.55 Å². The first kappa shape index (κ1) is 16.0. The van der Waals surface area contributed by atoms with Crippen molar-refractivity contribution in [2.75, 3.05) is 5.75 Å². The van der Waals surface area contributed by atoms with Gasteiger partial charge in [-0.15, -0.1) is 0 Å². The van der Waals surface area contributed by atoms with Crippen molar-refractivity contribution in [1.29, 1.82) is 0 Å². The molecule has 3 nitrogen and oxygen atoms in total. The quantitative estimate of drug-likeness (QED) is 0.306. The van der Waals surface area contributed by atoms with E-state index in [9.17, 15) is 13.0 Å². The molecule has 74 valence electrons. The fourth-order valence-corrected chi connectivity index (χ4v) is 1.57. The zero-order valence-electron chi connectivity index (χ0n) is 8.75. The van der Waals surface area contributed by atoms with Gasteiger partial charge in [0.25, 0.3) is 0 Å². The zero-order chi connectivity index (χ0) is 9.61. The van der Waals surface area contributed by atoms with Crippen LogP contribution in [0.5, 0.6) is 0 Å². The Balaban J connectivity index is 0.